The van der Waals surface area contributed by atoms with E-state index in [1.54, 1.807) is 12.1 Å². The molecule has 5 nitrogen and oxygen atoms in total. The lowest BCUT2D eigenvalue weighted by Gasteiger charge is -2.33. The lowest BCUT2D eigenvalue weighted by molar-refractivity contribution is -0.384. The molecule has 0 unspecified atom stereocenters. The molecule has 0 saturated heterocycles. The van der Waals surface area contributed by atoms with Crippen LogP contribution in [0.3, 0.4) is 0 Å². The second kappa shape index (κ2) is 5.83. The van der Waals surface area contributed by atoms with E-state index in [4.69, 9.17) is 9.73 Å². The van der Waals surface area contributed by atoms with Gasteiger partial charge in [-0.2, -0.15) is 0 Å². The largest absolute Gasteiger partial charge is 0.469 e. The lowest BCUT2D eigenvalue weighted by Crippen LogP contribution is -2.31. The van der Waals surface area contributed by atoms with Crippen LogP contribution in [0.25, 0.3) is 0 Å². The number of nitrogens with zero attached hydrogens (tertiary/aromatic N) is 2. The van der Waals surface area contributed by atoms with Crippen molar-refractivity contribution in [2.75, 3.05) is 0 Å². The summed E-state index contributed by atoms with van der Waals surface area (Å²) in [6, 6.07) is 16.3. The zero-order chi connectivity index (χ0) is 16.4. The highest BCUT2D eigenvalue weighted by molar-refractivity contribution is 5.94. The summed E-state index contributed by atoms with van der Waals surface area (Å²) < 4.78 is 6.07. The molecule has 0 amide bonds. The van der Waals surface area contributed by atoms with E-state index in [1.165, 1.54) is 12.1 Å². The fraction of sp³-hybridized carbons (Fsp3) is 0.278. The molecule has 0 bridgehead atoms. The number of non-ortho nitro benzene ring substituents is 1. The molecule has 0 radical (unpaired) electrons. The molecule has 0 aliphatic carbocycles. The summed E-state index contributed by atoms with van der Waals surface area (Å²) in [5.41, 5.74) is 1.69. The fourth-order valence-electron chi connectivity index (χ4n) is 2.69. The Bertz CT molecular complexity index is 737. The predicted octanol–water partition coefficient (Wildman–Crippen LogP) is 4.28. The number of nitro groups is 1. The van der Waals surface area contributed by atoms with Gasteiger partial charge in [-0.15, -0.1) is 0 Å². The molecule has 5 heteroatoms. The van der Waals surface area contributed by atoms with E-state index >= 15 is 0 Å². The maximum atomic E-state index is 10.8. The highest BCUT2D eigenvalue weighted by atomic mass is 16.6. The van der Waals surface area contributed by atoms with E-state index in [-0.39, 0.29) is 17.3 Å². The SMILES string of the molecule is CC1(C)C[C@@H](c2ccc([N+](=O)[O-])cc2)OC(c2ccccc2)=N1. The van der Waals surface area contributed by atoms with E-state index in [2.05, 4.69) is 13.8 Å². The molecule has 0 saturated carbocycles. The van der Waals surface area contributed by atoms with E-state index < -0.39 is 4.92 Å². The van der Waals surface area contributed by atoms with Crippen molar-refractivity contribution in [3.63, 3.8) is 0 Å². The lowest BCUT2D eigenvalue weighted by atomic mass is 9.91. The molecule has 0 aromatic heterocycles. The fourth-order valence-corrected chi connectivity index (χ4v) is 2.69. The maximum absolute atomic E-state index is 10.8. The standard InChI is InChI=1S/C18H18N2O3/c1-18(2)12-16(13-8-10-15(11-9-13)20(21)22)23-17(19-18)14-6-4-3-5-7-14/h3-11,16H,12H2,1-2H3/t16-/m0/s1. The molecule has 118 valence electrons. The summed E-state index contributed by atoms with van der Waals surface area (Å²) in [6.07, 6.45) is 0.555. The molecule has 2 aromatic rings. The van der Waals surface area contributed by atoms with Crippen LogP contribution in [0, 0.1) is 10.1 Å². The molecule has 1 aliphatic heterocycles. The Hall–Kier alpha value is -2.69. The molecular weight excluding hydrogens is 292 g/mol. The third-order valence-electron chi connectivity index (χ3n) is 3.84. The maximum Gasteiger partial charge on any atom is 0.269 e. The molecule has 1 aliphatic rings. The van der Waals surface area contributed by atoms with Crippen LogP contribution in [0.4, 0.5) is 5.69 Å². The number of ether oxygens (including phenoxy) is 1. The van der Waals surface area contributed by atoms with Crippen molar-refractivity contribution in [3.8, 4) is 0 Å². The molecule has 0 fully saturated rings. The minimum Gasteiger partial charge on any atom is -0.469 e. The first-order valence-electron chi connectivity index (χ1n) is 7.51. The van der Waals surface area contributed by atoms with E-state index in [1.807, 2.05) is 30.3 Å². The quantitative estimate of drug-likeness (QED) is 0.627. The van der Waals surface area contributed by atoms with Crippen LogP contribution in [0.5, 0.6) is 0 Å². The summed E-state index contributed by atoms with van der Waals surface area (Å²) in [6.45, 7) is 4.13. The Morgan fingerprint density at radius 1 is 1.13 bits per heavy atom. The summed E-state index contributed by atoms with van der Waals surface area (Å²) >= 11 is 0. The van der Waals surface area contributed by atoms with Crippen LogP contribution >= 0.6 is 0 Å². The van der Waals surface area contributed by atoms with Gasteiger partial charge in [0.25, 0.3) is 5.69 Å². The Labute approximate surface area is 134 Å². The first-order chi connectivity index (χ1) is 10.9. The van der Waals surface area contributed by atoms with E-state index in [9.17, 15) is 10.1 Å². The smallest absolute Gasteiger partial charge is 0.269 e. The normalized spacial score (nSPS) is 19.6. The zero-order valence-electron chi connectivity index (χ0n) is 13.1. The summed E-state index contributed by atoms with van der Waals surface area (Å²) in [5.74, 6) is 0.616. The molecule has 1 heterocycles. The molecule has 3 rings (SSSR count). The number of aliphatic imine (C=N–C) groups is 1. The predicted molar refractivity (Wildman–Crippen MR) is 88.6 cm³/mol. The van der Waals surface area contributed by atoms with Gasteiger partial charge < -0.3 is 4.74 Å². The van der Waals surface area contributed by atoms with E-state index in [0.717, 1.165) is 17.5 Å². The molecular formula is C18H18N2O3. The Morgan fingerprint density at radius 3 is 2.39 bits per heavy atom. The van der Waals surface area contributed by atoms with Crippen LogP contribution in [0.15, 0.2) is 59.6 Å². The minimum absolute atomic E-state index is 0.0840. The summed E-state index contributed by atoms with van der Waals surface area (Å²) in [5, 5.41) is 10.8. The second-order valence-corrected chi connectivity index (χ2v) is 6.25. The average Bonchev–Trinajstić information content (AvgIpc) is 2.54. The topological polar surface area (TPSA) is 64.7 Å². The average molecular weight is 310 g/mol. The van der Waals surface area contributed by atoms with Crippen molar-refractivity contribution in [3.05, 3.63) is 75.8 Å². The van der Waals surface area contributed by atoms with Crippen LogP contribution in [0.2, 0.25) is 0 Å². The first-order valence-corrected chi connectivity index (χ1v) is 7.51. The minimum atomic E-state index is -0.397. The van der Waals surface area contributed by atoms with Crippen LogP contribution in [-0.2, 0) is 4.74 Å². The van der Waals surface area contributed by atoms with Gasteiger partial charge in [-0.05, 0) is 43.7 Å². The van der Waals surface area contributed by atoms with Gasteiger partial charge in [-0.1, -0.05) is 18.2 Å². The number of hydrogen-bond acceptors (Lipinski definition) is 4. The van der Waals surface area contributed by atoms with Crippen LogP contribution < -0.4 is 0 Å². The van der Waals surface area contributed by atoms with Gasteiger partial charge in [0.15, 0.2) is 0 Å². The zero-order valence-corrected chi connectivity index (χ0v) is 13.1. The second-order valence-electron chi connectivity index (χ2n) is 6.25. The highest BCUT2D eigenvalue weighted by Gasteiger charge is 2.32. The van der Waals surface area contributed by atoms with Crippen LogP contribution in [-0.4, -0.2) is 16.4 Å². The molecule has 23 heavy (non-hydrogen) atoms. The number of benzene rings is 2. The van der Waals surface area contributed by atoms with E-state index in [0.29, 0.717) is 5.90 Å². The van der Waals surface area contributed by atoms with Crippen molar-refractivity contribution in [2.45, 2.75) is 31.9 Å². The number of rotatable bonds is 3. The van der Waals surface area contributed by atoms with Crippen molar-refractivity contribution in [1.82, 2.24) is 0 Å². The highest BCUT2D eigenvalue weighted by Crippen LogP contribution is 2.35. The molecule has 1 atom stereocenters. The van der Waals surface area contributed by atoms with Gasteiger partial charge >= 0.3 is 0 Å². The molecule has 0 N–H and O–H groups in total. The summed E-state index contributed by atoms with van der Waals surface area (Å²) in [7, 11) is 0. The number of hydrogen-bond donors (Lipinski definition) is 0. The van der Waals surface area contributed by atoms with Crippen molar-refractivity contribution in [2.24, 2.45) is 4.99 Å². The number of nitro benzene ring substituents is 1. The van der Waals surface area contributed by atoms with Gasteiger partial charge in [0.05, 0.1) is 10.5 Å². The van der Waals surface area contributed by atoms with Gasteiger partial charge in [-0.25, -0.2) is 4.99 Å². The first kappa shape index (κ1) is 15.2. The van der Waals surface area contributed by atoms with Gasteiger partial charge in [0, 0.05) is 24.1 Å². The van der Waals surface area contributed by atoms with Crippen molar-refractivity contribution in [1.29, 1.82) is 0 Å². The third kappa shape index (κ3) is 3.39. The third-order valence-corrected chi connectivity index (χ3v) is 3.84. The Balaban J connectivity index is 1.90. The van der Waals surface area contributed by atoms with Crippen molar-refractivity contribution >= 4 is 11.6 Å². The summed E-state index contributed by atoms with van der Waals surface area (Å²) in [4.78, 5) is 15.1. The Kier molecular flexibility index (Phi) is 3.86. The monoisotopic (exact) mass is 310 g/mol. The van der Waals surface area contributed by atoms with Gasteiger partial charge in [-0.3, -0.25) is 10.1 Å². The van der Waals surface area contributed by atoms with Crippen LogP contribution in [0.1, 0.15) is 37.5 Å². The van der Waals surface area contributed by atoms with Gasteiger partial charge in [0.1, 0.15) is 6.10 Å². The molecule has 2 aromatic carbocycles. The Morgan fingerprint density at radius 2 is 1.78 bits per heavy atom. The van der Waals surface area contributed by atoms with Crippen molar-refractivity contribution < 1.29 is 9.66 Å². The molecule has 0 spiro atoms. The van der Waals surface area contributed by atoms with Gasteiger partial charge in [0.2, 0.25) is 5.90 Å².